The van der Waals surface area contributed by atoms with Crippen LogP contribution in [-0.4, -0.2) is 35.8 Å². The maximum Gasteiger partial charge on any atom is 0.233 e. The summed E-state index contributed by atoms with van der Waals surface area (Å²) in [6.45, 7) is 1.70. The number of hydrogen-bond donors (Lipinski definition) is 1. The highest BCUT2D eigenvalue weighted by Gasteiger charge is 2.44. The Labute approximate surface area is 169 Å². The van der Waals surface area contributed by atoms with Crippen LogP contribution in [-0.2, 0) is 15.0 Å². The van der Waals surface area contributed by atoms with E-state index in [1.807, 2.05) is 6.07 Å². The van der Waals surface area contributed by atoms with E-state index in [2.05, 4.69) is 34.5 Å². The van der Waals surface area contributed by atoms with E-state index < -0.39 is 0 Å². The molecule has 2 amide bonds. The minimum absolute atomic E-state index is 0.194. The molecule has 2 aliphatic carbocycles. The minimum atomic E-state index is -0.329. The molecule has 4 heteroatoms. The lowest BCUT2D eigenvalue weighted by Gasteiger charge is -2.43. The van der Waals surface area contributed by atoms with Crippen LogP contribution in [0.3, 0.4) is 0 Å². The summed E-state index contributed by atoms with van der Waals surface area (Å²) in [7, 11) is 0. The van der Waals surface area contributed by atoms with Crippen molar-refractivity contribution in [3.05, 3.63) is 35.9 Å². The predicted molar refractivity (Wildman–Crippen MR) is 111 cm³/mol. The lowest BCUT2D eigenvalue weighted by atomic mass is 9.68. The second-order valence-electron chi connectivity index (χ2n) is 9.15. The van der Waals surface area contributed by atoms with Crippen molar-refractivity contribution in [1.82, 2.24) is 10.2 Å². The highest BCUT2D eigenvalue weighted by molar-refractivity contribution is 5.88. The normalized spacial score (nSPS) is 24.6. The summed E-state index contributed by atoms with van der Waals surface area (Å²) in [6.07, 6.45) is 11.4. The van der Waals surface area contributed by atoms with Gasteiger partial charge >= 0.3 is 0 Å². The molecule has 3 fully saturated rings. The molecule has 1 heterocycles. The molecule has 1 saturated heterocycles. The fraction of sp³-hybridized carbons (Fsp3) is 0.667. The zero-order valence-corrected chi connectivity index (χ0v) is 17.0. The highest BCUT2D eigenvalue weighted by Crippen LogP contribution is 2.41. The van der Waals surface area contributed by atoms with Crippen molar-refractivity contribution in [1.29, 1.82) is 0 Å². The first kappa shape index (κ1) is 19.5. The van der Waals surface area contributed by atoms with Gasteiger partial charge in [0.15, 0.2) is 0 Å². The summed E-state index contributed by atoms with van der Waals surface area (Å²) in [5.41, 5.74) is 0.871. The Balaban J connectivity index is 1.41. The molecular weight excluding hydrogens is 348 g/mol. The Hall–Kier alpha value is -1.84. The van der Waals surface area contributed by atoms with Gasteiger partial charge in [0.2, 0.25) is 11.8 Å². The summed E-state index contributed by atoms with van der Waals surface area (Å²) in [6, 6.07) is 10.9. The molecule has 1 N–H and O–H groups in total. The lowest BCUT2D eigenvalue weighted by Crippen LogP contribution is -2.51. The van der Waals surface area contributed by atoms with Crippen molar-refractivity contribution in [2.45, 2.75) is 82.1 Å². The second kappa shape index (κ2) is 8.67. The van der Waals surface area contributed by atoms with Gasteiger partial charge in [-0.15, -0.1) is 0 Å². The van der Waals surface area contributed by atoms with E-state index in [1.165, 1.54) is 12.0 Å². The van der Waals surface area contributed by atoms with Crippen molar-refractivity contribution in [2.75, 3.05) is 13.1 Å². The van der Waals surface area contributed by atoms with E-state index in [9.17, 15) is 9.59 Å². The summed E-state index contributed by atoms with van der Waals surface area (Å²) in [4.78, 5) is 27.9. The second-order valence-corrected chi connectivity index (χ2v) is 9.15. The van der Waals surface area contributed by atoms with E-state index in [-0.39, 0.29) is 11.3 Å². The molecule has 2 saturated carbocycles. The third-order valence-corrected chi connectivity index (χ3v) is 6.97. The number of carbonyl (C=O) groups is 2. The van der Waals surface area contributed by atoms with E-state index >= 15 is 0 Å². The number of likely N-dealkylation sites (tertiary alicyclic amines) is 1. The van der Waals surface area contributed by atoms with Crippen molar-refractivity contribution >= 4 is 11.8 Å². The van der Waals surface area contributed by atoms with Crippen LogP contribution < -0.4 is 5.32 Å². The first-order valence-electron chi connectivity index (χ1n) is 11.3. The van der Waals surface area contributed by atoms with Crippen molar-refractivity contribution in [3.63, 3.8) is 0 Å². The van der Waals surface area contributed by atoms with Gasteiger partial charge in [-0.3, -0.25) is 9.59 Å². The quantitative estimate of drug-likeness (QED) is 0.802. The fourth-order valence-electron chi connectivity index (χ4n) is 5.19. The van der Waals surface area contributed by atoms with Gasteiger partial charge < -0.3 is 10.2 Å². The largest absolute Gasteiger partial charge is 0.353 e. The molecule has 4 nitrogen and oxygen atoms in total. The average Bonchev–Trinajstić information content (AvgIpc) is 3.57. The molecule has 152 valence electrons. The van der Waals surface area contributed by atoms with E-state index in [1.54, 1.807) is 0 Å². The van der Waals surface area contributed by atoms with Gasteiger partial charge in [-0.05, 0) is 56.4 Å². The Bertz CT molecular complexity index is 677. The summed E-state index contributed by atoms with van der Waals surface area (Å²) < 4.78 is 0. The molecule has 0 aromatic heterocycles. The Morgan fingerprint density at radius 1 is 1.00 bits per heavy atom. The zero-order valence-electron chi connectivity index (χ0n) is 17.0. The van der Waals surface area contributed by atoms with Gasteiger partial charge in [-0.2, -0.15) is 0 Å². The molecule has 1 aliphatic heterocycles. The van der Waals surface area contributed by atoms with Gasteiger partial charge in [0.25, 0.3) is 0 Å². The van der Waals surface area contributed by atoms with Crippen LogP contribution in [0.1, 0.15) is 76.2 Å². The molecule has 1 aromatic rings. The van der Waals surface area contributed by atoms with Gasteiger partial charge in [0.05, 0.1) is 5.41 Å². The minimum Gasteiger partial charge on any atom is -0.353 e. The Kier molecular flexibility index (Phi) is 6.03. The summed E-state index contributed by atoms with van der Waals surface area (Å²) in [5, 5.41) is 3.09. The zero-order chi connectivity index (χ0) is 19.4. The summed E-state index contributed by atoms with van der Waals surface area (Å²) >= 11 is 0. The molecule has 3 aliphatic rings. The standard InChI is InChI=1S/C24H34N2O2/c27-22(25-21-12-13-21)14-11-19-8-7-17-26(18-19)23(28)24(15-5-2-6-16-24)20-9-3-1-4-10-20/h1,3-4,9-10,19,21H,2,5-8,11-18H2,(H,25,27). The number of nitrogens with zero attached hydrogens (tertiary/aromatic N) is 1. The molecule has 4 rings (SSSR count). The van der Waals surface area contributed by atoms with Crippen molar-refractivity contribution in [3.8, 4) is 0 Å². The number of hydrogen-bond acceptors (Lipinski definition) is 2. The van der Waals surface area contributed by atoms with Crippen LogP contribution >= 0.6 is 0 Å². The van der Waals surface area contributed by atoms with Crippen molar-refractivity contribution in [2.24, 2.45) is 5.92 Å². The number of rotatable bonds is 6. The number of amides is 2. The van der Waals surface area contributed by atoms with Gasteiger partial charge in [0.1, 0.15) is 0 Å². The average molecular weight is 383 g/mol. The smallest absolute Gasteiger partial charge is 0.233 e. The predicted octanol–water partition coefficient (Wildman–Crippen LogP) is 4.19. The molecule has 28 heavy (non-hydrogen) atoms. The molecule has 1 atom stereocenters. The third-order valence-electron chi connectivity index (χ3n) is 6.97. The number of benzene rings is 1. The van der Waals surface area contributed by atoms with Crippen LogP contribution in [0.25, 0.3) is 0 Å². The molecule has 1 unspecified atom stereocenters. The molecule has 0 radical (unpaired) electrons. The SMILES string of the molecule is O=C(CCC1CCCN(C(=O)C2(c3ccccc3)CCCCC2)C1)NC1CC1. The van der Waals surface area contributed by atoms with E-state index in [4.69, 9.17) is 0 Å². The van der Waals surface area contributed by atoms with Gasteiger partial charge in [0, 0.05) is 25.6 Å². The molecule has 0 spiro atoms. The van der Waals surface area contributed by atoms with Crippen LogP contribution in [0.15, 0.2) is 30.3 Å². The fourth-order valence-corrected chi connectivity index (χ4v) is 5.19. The maximum absolute atomic E-state index is 13.8. The summed E-state index contributed by atoms with van der Waals surface area (Å²) in [5.74, 6) is 0.989. The van der Waals surface area contributed by atoms with Gasteiger partial charge in [-0.25, -0.2) is 0 Å². The van der Waals surface area contributed by atoms with Crippen molar-refractivity contribution < 1.29 is 9.59 Å². The first-order chi connectivity index (χ1) is 13.7. The highest BCUT2D eigenvalue weighted by atomic mass is 16.2. The van der Waals surface area contributed by atoms with Crippen LogP contribution in [0.2, 0.25) is 0 Å². The van der Waals surface area contributed by atoms with Crippen LogP contribution in [0, 0.1) is 5.92 Å². The number of piperidine rings is 1. The molecule has 0 bridgehead atoms. The first-order valence-corrected chi connectivity index (χ1v) is 11.3. The number of nitrogens with one attached hydrogen (secondary N) is 1. The Morgan fingerprint density at radius 2 is 1.75 bits per heavy atom. The Morgan fingerprint density at radius 3 is 2.46 bits per heavy atom. The van der Waals surface area contributed by atoms with E-state index in [0.29, 0.717) is 24.3 Å². The van der Waals surface area contributed by atoms with Crippen LogP contribution in [0.4, 0.5) is 0 Å². The third kappa shape index (κ3) is 4.42. The topological polar surface area (TPSA) is 49.4 Å². The monoisotopic (exact) mass is 382 g/mol. The van der Waals surface area contributed by atoms with Crippen LogP contribution in [0.5, 0.6) is 0 Å². The number of carbonyl (C=O) groups excluding carboxylic acids is 2. The molecular formula is C24H34N2O2. The van der Waals surface area contributed by atoms with E-state index in [0.717, 1.165) is 70.9 Å². The molecule has 1 aromatic carbocycles. The lowest BCUT2D eigenvalue weighted by molar-refractivity contribution is -0.140. The van der Waals surface area contributed by atoms with Gasteiger partial charge in [-0.1, -0.05) is 49.6 Å². The maximum atomic E-state index is 13.8.